The first-order valence-corrected chi connectivity index (χ1v) is 10.8. The molecule has 0 aliphatic heterocycles. The fraction of sp³-hybridized carbons (Fsp3) is 0.0800. The van der Waals surface area contributed by atoms with E-state index in [1.807, 2.05) is 42.5 Å². The van der Waals surface area contributed by atoms with Crippen LogP contribution in [0.4, 0.5) is 9.52 Å². The van der Waals surface area contributed by atoms with Gasteiger partial charge in [0, 0.05) is 10.9 Å². The molecular formula is C25H19FN2O3S. The van der Waals surface area contributed by atoms with E-state index in [-0.39, 0.29) is 5.82 Å². The number of esters is 1. The number of thiazole rings is 1. The van der Waals surface area contributed by atoms with E-state index >= 15 is 0 Å². The molecule has 0 aliphatic carbocycles. The van der Waals surface area contributed by atoms with Crippen LogP contribution in [0, 0.1) is 5.82 Å². The van der Waals surface area contributed by atoms with Crippen LogP contribution in [0.1, 0.15) is 21.5 Å². The molecule has 0 saturated carbocycles. The summed E-state index contributed by atoms with van der Waals surface area (Å²) in [6.07, 6.45) is 0.587. The number of anilines is 1. The molecular weight excluding hydrogens is 427 g/mol. The highest BCUT2D eigenvalue weighted by Gasteiger charge is 2.15. The Morgan fingerprint density at radius 2 is 1.66 bits per heavy atom. The van der Waals surface area contributed by atoms with Crippen molar-refractivity contribution < 1.29 is 18.7 Å². The number of hydrogen-bond acceptors (Lipinski definition) is 5. The van der Waals surface area contributed by atoms with Gasteiger partial charge >= 0.3 is 5.97 Å². The third kappa shape index (κ3) is 5.44. The number of halogens is 1. The molecule has 1 heterocycles. The first kappa shape index (κ1) is 21.4. The highest BCUT2D eigenvalue weighted by molar-refractivity contribution is 7.14. The van der Waals surface area contributed by atoms with Gasteiger partial charge < -0.3 is 4.74 Å². The van der Waals surface area contributed by atoms with Crippen LogP contribution in [0.3, 0.4) is 0 Å². The van der Waals surface area contributed by atoms with Gasteiger partial charge in [-0.15, -0.1) is 11.3 Å². The van der Waals surface area contributed by atoms with Gasteiger partial charge in [0.25, 0.3) is 5.91 Å². The van der Waals surface area contributed by atoms with Crippen molar-refractivity contribution in [3.05, 3.63) is 107 Å². The molecule has 7 heteroatoms. The zero-order valence-corrected chi connectivity index (χ0v) is 17.8. The summed E-state index contributed by atoms with van der Waals surface area (Å²) in [5, 5.41) is 4.75. The van der Waals surface area contributed by atoms with Crippen molar-refractivity contribution in [2.45, 2.75) is 6.42 Å². The summed E-state index contributed by atoms with van der Waals surface area (Å²) in [6.45, 7) is -0.427. The summed E-state index contributed by atoms with van der Waals surface area (Å²) in [5.74, 6) is -1.37. The molecule has 0 atom stereocenters. The molecule has 0 fully saturated rings. The first-order valence-electron chi connectivity index (χ1n) is 9.89. The number of carbonyl (C=O) groups excluding carboxylic acids is 2. The van der Waals surface area contributed by atoms with Crippen LogP contribution >= 0.6 is 11.3 Å². The van der Waals surface area contributed by atoms with E-state index in [1.165, 1.54) is 23.5 Å². The van der Waals surface area contributed by atoms with E-state index in [0.29, 0.717) is 22.8 Å². The minimum absolute atomic E-state index is 0.329. The quantitative estimate of drug-likeness (QED) is 0.389. The lowest BCUT2D eigenvalue weighted by Crippen LogP contribution is -2.21. The summed E-state index contributed by atoms with van der Waals surface area (Å²) in [5.41, 5.74) is 3.69. The largest absolute Gasteiger partial charge is 0.452 e. The van der Waals surface area contributed by atoms with Crippen LogP contribution in [0.15, 0.2) is 84.2 Å². The average Bonchev–Trinajstić information content (AvgIpc) is 3.27. The van der Waals surface area contributed by atoms with Crippen molar-refractivity contribution in [1.29, 1.82) is 0 Å². The Kier molecular flexibility index (Phi) is 6.67. The zero-order valence-electron chi connectivity index (χ0n) is 17.0. The van der Waals surface area contributed by atoms with E-state index in [2.05, 4.69) is 10.3 Å². The van der Waals surface area contributed by atoms with E-state index in [1.54, 1.807) is 29.6 Å². The zero-order chi connectivity index (χ0) is 22.3. The molecule has 0 aliphatic rings. The van der Waals surface area contributed by atoms with Crippen molar-refractivity contribution in [2.24, 2.45) is 0 Å². The normalized spacial score (nSPS) is 10.5. The van der Waals surface area contributed by atoms with Crippen molar-refractivity contribution in [3.63, 3.8) is 0 Å². The minimum Gasteiger partial charge on any atom is -0.452 e. The minimum atomic E-state index is -0.558. The van der Waals surface area contributed by atoms with Gasteiger partial charge in [0.05, 0.1) is 11.3 Å². The van der Waals surface area contributed by atoms with Crippen LogP contribution in [0.2, 0.25) is 0 Å². The lowest BCUT2D eigenvalue weighted by molar-refractivity contribution is -0.119. The van der Waals surface area contributed by atoms with Gasteiger partial charge in [-0.05, 0) is 47.9 Å². The second kappa shape index (κ2) is 9.98. The summed E-state index contributed by atoms with van der Waals surface area (Å²) in [6, 6.07) is 22.9. The topological polar surface area (TPSA) is 68.3 Å². The molecule has 0 spiro atoms. The molecule has 1 amide bonds. The number of carbonyl (C=O) groups is 2. The molecule has 32 heavy (non-hydrogen) atoms. The first-order chi connectivity index (χ1) is 15.6. The number of benzene rings is 3. The van der Waals surface area contributed by atoms with E-state index < -0.39 is 18.5 Å². The fourth-order valence-electron chi connectivity index (χ4n) is 3.14. The Hall–Kier alpha value is -3.84. The van der Waals surface area contributed by atoms with Crippen molar-refractivity contribution in [3.8, 4) is 11.3 Å². The highest BCUT2D eigenvalue weighted by atomic mass is 32.1. The van der Waals surface area contributed by atoms with Crippen molar-refractivity contribution in [2.75, 3.05) is 11.9 Å². The van der Waals surface area contributed by atoms with E-state index in [9.17, 15) is 14.0 Å². The second-order valence-electron chi connectivity index (χ2n) is 6.99. The molecule has 0 radical (unpaired) electrons. The number of ether oxygens (including phenoxy) is 1. The molecule has 4 rings (SSSR count). The summed E-state index contributed by atoms with van der Waals surface area (Å²) >= 11 is 1.23. The number of nitrogens with one attached hydrogen (secondary N) is 1. The van der Waals surface area contributed by atoms with E-state index in [4.69, 9.17) is 4.74 Å². The maximum absolute atomic E-state index is 13.1. The average molecular weight is 447 g/mol. The SMILES string of the molecule is O=C(COC(=O)c1ccccc1Cc1ccccc1)Nc1nc(-c2ccc(F)cc2)cs1. The Morgan fingerprint density at radius 1 is 0.938 bits per heavy atom. The maximum atomic E-state index is 13.1. The van der Waals surface area contributed by atoms with Gasteiger partial charge in [-0.3, -0.25) is 10.1 Å². The Bertz CT molecular complexity index is 1220. The molecule has 0 saturated heterocycles. The monoisotopic (exact) mass is 446 g/mol. The lowest BCUT2D eigenvalue weighted by Gasteiger charge is -2.09. The van der Waals surface area contributed by atoms with Gasteiger partial charge in [-0.2, -0.15) is 0 Å². The third-order valence-electron chi connectivity index (χ3n) is 4.70. The highest BCUT2D eigenvalue weighted by Crippen LogP contribution is 2.25. The molecule has 0 unspecified atom stereocenters. The number of hydrogen-bond donors (Lipinski definition) is 1. The predicted molar refractivity (Wildman–Crippen MR) is 122 cm³/mol. The van der Waals surface area contributed by atoms with Crippen LogP contribution in [0.5, 0.6) is 0 Å². The Labute approximate surface area is 188 Å². The molecule has 1 aromatic heterocycles. The molecule has 160 valence electrons. The van der Waals surface area contributed by atoms with Gasteiger partial charge in [-0.25, -0.2) is 14.2 Å². The van der Waals surface area contributed by atoms with Crippen molar-refractivity contribution in [1.82, 2.24) is 4.98 Å². The number of rotatable bonds is 7. The van der Waals surface area contributed by atoms with Gasteiger partial charge in [0.1, 0.15) is 5.82 Å². The van der Waals surface area contributed by atoms with Crippen LogP contribution < -0.4 is 5.32 Å². The summed E-state index contributed by atoms with van der Waals surface area (Å²) < 4.78 is 18.3. The number of aromatic nitrogens is 1. The summed E-state index contributed by atoms with van der Waals surface area (Å²) in [7, 11) is 0. The number of amides is 1. The van der Waals surface area contributed by atoms with Crippen LogP contribution in [-0.4, -0.2) is 23.5 Å². The van der Waals surface area contributed by atoms with Gasteiger partial charge in [-0.1, -0.05) is 48.5 Å². The summed E-state index contributed by atoms with van der Waals surface area (Å²) in [4.78, 5) is 29.1. The molecule has 1 N–H and O–H groups in total. The number of nitrogens with zero attached hydrogens (tertiary/aromatic N) is 1. The predicted octanol–water partition coefficient (Wildman–Crippen LogP) is 5.34. The maximum Gasteiger partial charge on any atom is 0.338 e. The van der Waals surface area contributed by atoms with Gasteiger partial charge in [0.2, 0.25) is 0 Å². The fourth-order valence-corrected chi connectivity index (χ4v) is 3.87. The lowest BCUT2D eigenvalue weighted by atomic mass is 10.00. The molecule has 0 bridgehead atoms. The van der Waals surface area contributed by atoms with E-state index in [0.717, 1.165) is 16.7 Å². The van der Waals surface area contributed by atoms with Crippen molar-refractivity contribution >= 4 is 28.3 Å². The molecule has 3 aromatic carbocycles. The molecule has 5 nitrogen and oxygen atoms in total. The smallest absolute Gasteiger partial charge is 0.338 e. The second-order valence-corrected chi connectivity index (χ2v) is 7.85. The third-order valence-corrected chi connectivity index (χ3v) is 5.46. The van der Waals surface area contributed by atoms with Crippen LogP contribution in [-0.2, 0) is 16.0 Å². The van der Waals surface area contributed by atoms with Gasteiger partial charge in [0.15, 0.2) is 11.7 Å². The Morgan fingerprint density at radius 3 is 2.44 bits per heavy atom. The standard InChI is InChI=1S/C25H19FN2O3S/c26-20-12-10-18(11-13-20)22-16-32-25(27-22)28-23(29)15-31-24(30)21-9-5-4-8-19(21)14-17-6-2-1-3-7-17/h1-13,16H,14-15H2,(H,27,28,29). The molecule has 4 aromatic rings. The van der Waals surface area contributed by atoms with Crippen LogP contribution in [0.25, 0.3) is 11.3 Å². The Balaban J connectivity index is 1.35.